The van der Waals surface area contributed by atoms with Crippen LogP contribution in [0.25, 0.3) is 0 Å². The summed E-state index contributed by atoms with van der Waals surface area (Å²) < 4.78 is 4.68. The van der Waals surface area contributed by atoms with E-state index in [1.54, 1.807) is 0 Å². The van der Waals surface area contributed by atoms with Crippen molar-refractivity contribution in [3.05, 3.63) is 24.2 Å². The van der Waals surface area contributed by atoms with Crippen LogP contribution in [0.5, 0.6) is 0 Å². The van der Waals surface area contributed by atoms with Crippen molar-refractivity contribution in [1.29, 1.82) is 0 Å². The van der Waals surface area contributed by atoms with Crippen molar-refractivity contribution in [1.82, 2.24) is 5.32 Å². The molecule has 0 aliphatic carbocycles. The summed E-state index contributed by atoms with van der Waals surface area (Å²) in [5.74, 6) is -1.72. The maximum atomic E-state index is 11.4. The molecule has 0 unspecified atom stereocenters. The van der Waals surface area contributed by atoms with Gasteiger partial charge in [0.2, 0.25) is 0 Å². The highest BCUT2D eigenvalue weighted by atomic mass is 16.4. The van der Waals surface area contributed by atoms with Gasteiger partial charge in [0.1, 0.15) is 12.3 Å². The molecule has 0 radical (unpaired) electrons. The first-order chi connectivity index (χ1) is 7.15. The van der Waals surface area contributed by atoms with Gasteiger partial charge in [-0.3, -0.25) is 4.79 Å². The van der Waals surface area contributed by atoms with Crippen LogP contribution in [0.3, 0.4) is 0 Å². The molecule has 1 heterocycles. The predicted molar refractivity (Wildman–Crippen MR) is 49.3 cm³/mol. The lowest BCUT2D eigenvalue weighted by atomic mass is 10.2. The second-order valence-electron chi connectivity index (χ2n) is 2.89. The maximum Gasteiger partial charge on any atom is 0.326 e. The van der Waals surface area contributed by atoms with Gasteiger partial charge in [-0.05, 0) is 6.07 Å². The van der Waals surface area contributed by atoms with E-state index >= 15 is 0 Å². The molecule has 15 heavy (non-hydrogen) atoms. The Balaban J connectivity index is 2.59. The number of nitrogens with one attached hydrogen (secondary N) is 1. The summed E-state index contributed by atoms with van der Waals surface area (Å²) in [4.78, 5) is 22.0. The van der Waals surface area contributed by atoms with Crippen LogP contribution < -0.4 is 5.32 Å². The lowest BCUT2D eigenvalue weighted by Crippen LogP contribution is -2.41. The van der Waals surface area contributed by atoms with Crippen LogP contribution in [-0.4, -0.2) is 34.7 Å². The summed E-state index contributed by atoms with van der Waals surface area (Å²) in [5.41, 5.74) is 0.249. The standard InChI is InChI=1S/C9H11NO5/c11-3-1-7(9(13)14)10-8(12)6-2-4-15-5-6/h2,4-5,7,11H,1,3H2,(H,10,12)(H,13,14)/t7-/m0/s1. The summed E-state index contributed by atoms with van der Waals surface area (Å²) in [6.07, 6.45) is 2.50. The first-order valence-corrected chi connectivity index (χ1v) is 4.32. The summed E-state index contributed by atoms with van der Waals surface area (Å²) in [6.45, 7) is -0.303. The van der Waals surface area contributed by atoms with Gasteiger partial charge in [0.15, 0.2) is 0 Å². The SMILES string of the molecule is O=C(N[C@@H](CCO)C(=O)O)c1ccoc1. The van der Waals surface area contributed by atoms with Crippen molar-refractivity contribution >= 4 is 11.9 Å². The van der Waals surface area contributed by atoms with Gasteiger partial charge in [0, 0.05) is 13.0 Å². The number of rotatable bonds is 5. The molecule has 1 amide bonds. The van der Waals surface area contributed by atoms with E-state index in [2.05, 4.69) is 9.73 Å². The molecule has 0 aliphatic rings. The highest BCUT2D eigenvalue weighted by Crippen LogP contribution is 2.01. The number of aliphatic hydroxyl groups excluding tert-OH is 1. The van der Waals surface area contributed by atoms with Gasteiger partial charge in [-0.15, -0.1) is 0 Å². The van der Waals surface area contributed by atoms with Gasteiger partial charge in [-0.25, -0.2) is 4.79 Å². The summed E-state index contributed by atoms with van der Waals surface area (Å²) in [5, 5.41) is 19.6. The van der Waals surface area contributed by atoms with Crippen LogP contribution in [0, 0.1) is 0 Å². The highest BCUT2D eigenvalue weighted by molar-refractivity contribution is 5.96. The number of carbonyl (C=O) groups is 2. The Kier molecular flexibility index (Phi) is 3.87. The molecule has 0 saturated carbocycles. The Morgan fingerprint density at radius 2 is 2.27 bits per heavy atom. The van der Waals surface area contributed by atoms with Crippen molar-refractivity contribution in [3.8, 4) is 0 Å². The Morgan fingerprint density at radius 1 is 1.53 bits per heavy atom. The first-order valence-electron chi connectivity index (χ1n) is 4.32. The number of carboxylic acid groups (broad SMARTS) is 1. The van der Waals surface area contributed by atoms with Crippen LogP contribution in [0.2, 0.25) is 0 Å². The summed E-state index contributed by atoms with van der Waals surface area (Å²) in [7, 11) is 0. The first kappa shape index (κ1) is 11.3. The predicted octanol–water partition coefficient (Wildman–Crippen LogP) is -0.155. The van der Waals surface area contributed by atoms with Crippen molar-refractivity contribution in [2.75, 3.05) is 6.61 Å². The molecule has 0 fully saturated rings. The third kappa shape index (κ3) is 3.10. The largest absolute Gasteiger partial charge is 0.480 e. The number of aliphatic carboxylic acids is 1. The average Bonchev–Trinajstić information content (AvgIpc) is 2.69. The topological polar surface area (TPSA) is 99.8 Å². The third-order valence-electron chi connectivity index (χ3n) is 1.80. The Labute approximate surface area is 85.5 Å². The number of carboxylic acids is 1. The molecular formula is C9H11NO5. The maximum absolute atomic E-state index is 11.4. The van der Waals surface area contributed by atoms with Crippen LogP contribution in [0.1, 0.15) is 16.8 Å². The average molecular weight is 213 g/mol. The zero-order chi connectivity index (χ0) is 11.3. The van der Waals surface area contributed by atoms with E-state index in [9.17, 15) is 9.59 Å². The molecule has 1 aromatic heterocycles. The molecule has 6 nitrogen and oxygen atoms in total. The molecule has 1 rings (SSSR count). The Hall–Kier alpha value is -1.82. The van der Waals surface area contributed by atoms with Gasteiger partial charge in [-0.2, -0.15) is 0 Å². The molecule has 0 spiro atoms. The van der Waals surface area contributed by atoms with Crippen LogP contribution >= 0.6 is 0 Å². The molecule has 0 aromatic carbocycles. The van der Waals surface area contributed by atoms with E-state index in [0.29, 0.717) is 0 Å². The fraction of sp³-hybridized carbons (Fsp3) is 0.333. The van der Waals surface area contributed by atoms with Crippen molar-refractivity contribution in [3.63, 3.8) is 0 Å². The minimum absolute atomic E-state index is 0.0288. The van der Waals surface area contributed by atoms with E-state index in [-0.39, 0.29) is 18.6 Å². The van der Waals surface area contributed by atoms with E-state index < -0.39 is 17.9 Å². The van der Waals surface area contributed by atoms with Crippen LogP contribution in [0.15, 0.2) is 23.0 Å². The Morgan fingerprint density at radius 3 is 2.73 bits per heavy atom. The van der Waals surface area contributed by atoms with Gasteiger partial charge in [0.25, 0.3) is 5.91 Å². The van der Waals surface area contributed by atoms with E-state index in [4.69, 9.17) is 10.2 Å². The molecule has 1 atom stereocenters. The van der Waals surface area contributed by atoms with Crippen molar-refractivity contribution in [2.45, 2.75) is 12.5 Å². The van der Waals surface area contributed by atoms with Crippen LogP contribution in [-0.2, 0) is 4.79 Å². The number of furan rings is 1. The summed E-state index contributed by atoms with van der Waals surface area (Å²) in [6, 6.07) is 0.338. The number of carbonyl (C=O) groups excluding carboxylic acids is 1. The van der Waals surface area contributed by atoms with Gasteiger partial charge < -0.3 is 19.9 Å². The van der Waals surface area contributed by atoms with Crippen molar-refractivity contribution < 1.29 is 24.2 Å². The summed E-state index contributed by atoms with van der Waals surface area (Å²) >= 11 is 0. The number of hydrogen-bond acceptors (Lipinski definition) is 4. The molecule has 3 N–H and O–H groups in total. The Bertz CT molecular complexity index is 332. The minimum atomic E-state index is -1.18. The molecule has 1 aromatic rings. The molecule has 0 saturated heterocycles. The smallest absolute Gasteiger partial charge is 0.326 e. The number of aliphatic hydroxyl groups is 1. The zero-order valence-corrected chi connectivity index (χ0v) is 7.84. The molecule has 82 valence electrons. The molecule has 6 heteroatoms. The zero-order valence-electron chi connectivity index (χ0n) is 7.84. The second-order valence-corrected chi connectivity index (χ2v) is 2.89. The molecule has 0 bridgehead atoms. The normalized spacial score (nSPS) is 12.1. The second kappa shape index (κ2) is 5.16. The van der Waals surface area contributed by atoms with E-state index in [1.165, 1.54) is 18.6 Å². The molecule has 0 aliphatic heterocycles. The van der Waals surface area contributed by atoms with Gasteiger partial charge >= 0.3 is 5.97 Å². The number of amides is 1. The van der Waals surface area contributed by atoms with E-state index in [1.807, 2.05) is 0 Å². The fourth-order valence-electron chi connectivity index (χ4n) is 1.02. The van der Waals surface area contributed by atoms with Crippen molar-refractivity contribution in [2.24, 2.45) is 0 Å². The van der Waals surface area contributed by atoms with E-state index in [0.717, 1.165) is 0 Å². The third-order valence-corrected chi connectivity index (χ3v) is 1.80. The lowest BCUT2D eigenvalue weighted by molar-refractivity contribution is -0.139. The van der Waals surface area contributed by atoms with Crippen LogP contribution in [0.4, 0.5) is 0 Å². The van der Waals surface area contributed by atoms with Gasteiger partial charge in [0.05, 0.1) is 11.8 Å². The molecular weight excluding hydrogens is 202 g/mol. The lowest BCUT2D eigenvalue weighted by Gasteiger charge is -2.11. The van der Waals surface area contributed by atoms with Gasteiger partial charge in [-0.1, -0.05) is 0 Å². The number of hydrogen-bond donors (Lipinski definition) is 3. The fourth-order valence-corrected chi connectivity index (χ4v) is 1.02. The minimum Gasteiger partial charge on any atom is -0.480 e. The highest BCUT2D eigenvalue weighted by Gasteiger charge is 2.20. The quantitative estimate of drug-likeness (QED) is 0.631. The monoisotopic (exact) mass is 213 g/mol.